The highest BCUT2D eigenvalue weighted by Crippen LogP contribution is 2.36. The van der Waals surface area contributed by atoms with Gasteiger partial charge in [-0.05, 0) is 38.5 Å². The van der Waals surface area contributed by atoms with Gasteiger partial charge in [0.05, 0.1) is 12.7 Å². The van der Waals surface area contributed by atoms with Gasteiger partial charge in [0, 0.05) is 23.8 Å². The number of phosphoric ester groups is 1. The first kappa shape index (κ1) is 53.8. The molecule has 0 saturated carbocycles. The molecule has 0 amide bonds. The molecule has 0 fully saturated rings. The fourth-order valence-corrected chi connectivity index (χ4v) is 7.05. The second-order valence-corrected chi connectivity index (χ2v) is 16.6. The maximum Gasteiger partial charge on any atom is 0.469 e. The number of allylic oxidation sites excluding steroid dienone is 7. The molecule has 56 heavy (non-hydrogen) atoms. The Hall–Kier alpha value is -2.25. The molecular weight excluding hydrogens is 757 g/mol. The number of carbonyl (C=O) groups excluding carboxylic acids is 2. The Labute approximate surface area is 341 Å². The maximum atomic E-state index is 12.9. The van der Waals surface area contributed by atoms with Crippen LogP contribution in [0, 0.1) is 0 Å². The predicted octanol–water partition coefficient (Wildman–Crippen LogP) is 9.27. The molecule has 0 rings (SSSR count). The second-order valence-electron chi connectivity index (χ2n) is 14.2. The van der Waals surface area contributed by atoms with E-state index in [-0.39, 0.29) is 31.4 Å². The number of carboxylic acids is 1. The summed E-state index contributed by atoms with van der Waals surface area (Å²) in [5, 5.41) is 19.3. The van der Waals surface area contributed by atoms with Gasteiger partial charge in [-0.15, -0.1) is 11.8 Å². The molecule has 0 aliphatic carbocycles. The number of aliphatic carboxylic acids is 1. The molecule has 0 bridgehead atoms. The van der Waals surface area contributed by atoms with Crippen LogP contribution in [0.25, 0.3) is 0 Å². The van der Waals surface area contributed by atoms with Crippen LogP contribution >= 0.6 is 19.6 Å². The zero-order valence-electron chi connectivity index (χ0n) is 34.2. The fraction of sp³-hybridized carbons (Fsp3) is 0.738. The Bertz CT molecular complexity index is 1170. The molecule has 0 heterocycles. The summed E-state index contributed by atoms with van der Waals surface area (Å²) in [4.78, 5) is 54.7. The molecule has 0 aliphatic rings. The molecule has 12 nitrogen and oxygen atoms in total. The molecule has 14 heteroatoms. The lowest BCUT2D eigenvalue weighted by Gasteiger charge is -2.23. The van der Waals surface area contributed by atoms with Gasteiger partial charge < -0.3 is 35.2 Å². The Morgan fingerprint density at radius 2 is 1.32 bits per heavy atom. The largest absolute Gasteiger partial charge is 0.481 e. The molecule has 0 aromatic rings. The highest BCUT2D eigenvalue weighted by molar-refractivity contribution is 8.00. The van der Waals surface area contributed by atoms with E-state index < -0.39 is 62.4 Å². The minimum absolute atomic E-state index is 0.00292. The van der Waals surface area contributed by atoms with E-state index in [1.54, 1.807) is 18.2 Å². The summed E-state index contributed by atoms with van der Waals surface area (Å²) in [6.45, 7) is 3.22. The lowest BCUT2D eigenvalue weighted by atomic mass is 10.0. The summed E-state index contributed by atoms with van der Waals surface area (Å²) >= 11 is 1.18. The van der Waals surface area contributed by atoms with Crippen LogP contribution in [0.3, 0.4) is 0 Å². The van der Waals surface area contributed by atoms with Crippen molar-refractivity contribution < 1.29 is 52.9 Å². The molecule has 0 radical (unpaired) electrons. The van der Waals surface area contributed by atoms with E-state index in [1.165, 1.54) is 88.8 Å². The average Bonchev–Trinajstić information content (AvgIpc) is 3.15. The van der Waals surface area contributed by atoms with E-state index in [1.807, 2.05) is 18.2 Å². The van der Waals surface area contributed by atoms with Crippen LogP contribution in [0.4, 0.5) is 0 Å². The van der Waals surface area contributed by atoms with Gasteiger partial charge in [0.15, 0.2) is 6.10 Å². The lowest BCUT2D eigenvalue weighted by Crippen LogP contribution is -2.40. The van der Waals surface area contributed by atoms with Gasteiger partial charge in [-0.25, -0.2) is 4.57 Å². The minimum atomic E-state index is -4.91. The Morgan fingerprint density at radius 3 is 1.93 bits per heavy atom. The third-order valence-electron chi connectivity index (χ3n) is 8.85. The van der Waals surface area contributed by atoms with Gasteiger partial charge in [0.2, 0.25) is 0 Å². The first-order chi connectivity index (χ1) is 26.9. The van der Waals surface area contributed by atoms with Crippen LogP contribution in [0.2, 0.25) is 0 Å². The Morgan fingerprint density at radius 1 is 0.732 bits per heavy atom. The van der Waals surface area contributed by atoms with E-state index in [4.69, 9.17) is 20.3 Å². The number of carbonyl (C=O) groups is 3. The van der Waals surface area contributed by atoms with Gasteiger partial charge in [-0.2, -0.15) is 0 Å². The number of nitrogens with two attached hydrogens (primary N) is 1. The zero-order chi connectivity index (χ0) is 41.7. The van der Waals surface area contributed by atoms with Crippen molar-refractivity contribution in [2.75, 3.05) is 19.0 Å². The van der Waals surface area contributed by atoms with Crippen molar-refractivity contribution >= 4 is 37.5 Å². The van der Waals surface area contributed by atoms with Crippen LogP contribution in [0.5, 0.6) is 0 Å². The van der Waals surface area contributed by atoms with Gasteiger partial charge in [0.1, 0.15) is 12.6 Å². The van der Waals surface area contributed by atoms with Gasteiger partial charge >= 0.3 is 25.7 Å². The van der Waals surface area contributed by atoms with Crippen LogP contribution < -0.4 is 5.73 Å². The van der Waals surface area contributed by atoms with Gasteiger partial charge in [-0.1, -0.05) is 152 Å². The summed E-state index contributed by atoms with van der Waals surface area (Å²) in [6, 6.07) is -1.20. The summed E-state index contributed by atoms with van der Waals surface area (Å²) in [6.07, 6.45) is 34.5. The Kier molecular flexibility index (Phi) is 35.6. The fourth-order valence-electron chi connectivity index (χ4n) is 5.56. The SMILES string of the molecule is CCCCC/C=C\C\C=C/C=C/C=C/[C@@H](SC[C@H](N)C(=O)O[C@H](COC(=O)CCCCCCCCCCCCCCC)COP(=O)(O)O)[C@@H](O)CCCC(=O)O. The van der Waals surface area contributed by atoms with E-state index in [0.717, 1.165) is 32.1 Å². The molecule has 0 saturated heterocycles. The van der Waals surface area contributed by atoms with Crippen molar-refractivity contribution in [2.24, 2.45) is 5.73 Å². The number of thioether (sulfide) groups is 1. The van der Waals surface area contributed by atoms with Crippen molar-refractivity contribution in [1.29, 1.82) is 0 Å². The van der Waals surface area contributed by atoms with Crippen molar-refractivity contribution in [2.45, 2.75) is 179 Å². The number of aliphatic hydroxyl groups is 1. The van der Waals surface area contributed by atoms with Gasteiger partial charge in [-0.3, -0.25) is 18.9 Å². The minimum Gasteiger partial charge on any atom is -0.481 e. The topological polar surface area (TPSA) is 203 Å². The summed E-state index contributed by atoms with van der Waals surface area (Å²) < 4.78 is 26.5. The highest BCUT2D eigenvalue weighted by atomic mass is 32.2. The van der Waals surface area contributed by atoms with Crippen LogP contribution in [-0.2, 0) is 32.9 Å². The number of aliphatic hydroxyl groups excluding tert-OH is 1. The first-order valence-electron chi connectivity index (χ1n) is 20.9. The lowest BCUT2D eigenvalue weighted by molar-refractivity contribution is -0.161. The smallest absolute Gasteiger partial charge is 0.469 e. The van der Waals surface area contributed by atoms with E-state index in [9.17, 15) is 33.8 Å². The van der Waals surface area contributed by atoms with Crippen molar-refractivity contribution in [1.82, 2.24) is 0 Å². The second kappa shape index (κ2) is 37.0. The van der Waals surface area contributed by atoms with Crippen LogP contribution in [0.15, 0.2) is 48.6 Å². The third kappa shape index (κ3) is 36.1. The number of esters is 2. The molecule has 0 unspecified atom stereocenters. The summed E-state index contributed by atoms with van der Waals surface area (Å²) in [7, 11) is -4.91. The van der Waals surface area contributed by atoms with E-state index in [0.29, 0.717) is 6.42 Å². The van der Waals surface area contributed by atoms with Crippen molar-refractivity contribution in [3.05, 3.63) is 48.6 Å². The number of carboxylic acid groups (broad SMARTS) is 1. The van der Waals surface area contributed by atoms with Crippen molar-refractivity contribution in [3.8, 4) is 0 Å². The van der Waals surface area contributed by atoms with E-state index >= 15 is 0 Å². The summed E-state index contributed by atoms with van der Waals surface area (Å²) in [5.74, 6) is -2.38. The van der Waals surface area contributed by atoms with Crippen molar-refractivity contribution in [3.63, 3.8) is 0 Å². The van der Waals surface area contributed by atoms with Crippen LogP contribution in [-0.4, -0.2) is 80.4 Å². The third-order valence-corrected chi connectivity index (χ3v) is 10.7. The predicted molar refractivity (Wildman–Crippen MR) is 226 cm³/mol. The average molecular weight is 832 g/mol. The highest BCUT2D eigenvalue weighted by Gasteiger charge is 2.27. The number of rotatable bonds is 38. The number of phosphoric acid groups is 1. The zero-order valence-corrected chi connectivity index (χ0v) is 35.9. The summed E-state index contributed by atoms with van der Waals surface area (Å²) in [5.41, 5.74) is 6.11. The molecule has 0 spiro atoms. The number of hydrogen-bond donors (Lipinski definition) is 5. The Balaban J connectivity index is 4.92. The first-order valence-corrected chi connectivity index (χ1v) is 23.5. The molecule has 0 aromatic heterocycles. The number of ether oxygens (including phenoxy) is 2. The molecule has 0 aromatic carbocycles. The van der Waals surface area contributed by atoms with Gasteiger partial charge in [0.25, 0.3) is 0 Å². The van der Waals surface area contributed by atoms with Crippen LogP contribution in [0.1, 0.15) is 155 Å². The standard InChI is InChI=1S/C42H74NO11PS/c1-3-5-7-9-11-13-15-17-19-21-23-25-27-32-41(47)52-33-36(34-53-55(49,50)51)54-42(48)37(43)35-56-39(38(44)29-28-31-40(45)46)30-26-24-22-20-18-16-14-12-10-8-6-4-2/h12,14,18,20,22,24,26,30,36-39,44H,3-11,13,15-17,19,21,23,25,27-29,31-35,43H2,1-2H3,(H,45,46)(H2,49,50,51)/b14-12-,20-18-,24-22+,30-26+/t36-,37+,38+,39-/m1/s1. The molecule has 6 N–H and O–H groups in total. The monoisotopic (exact) mass is 831 g/mol. The van der Waals surface area contributed by atoms with E-state index in [2.05, 4.69) is 30.5 Å². The normalized spacial score (nSPS) is 14.5. The maximum absolute atomic E-state index is 12.9. The number of unbranched alkanes of at least 4 members (excludes halogenated alkanes) is 15. The molecule has 0 aliphatic heterocycles. The molecular formula is C42H74NO11PS. The quantitative estimate of drug-likeness (QED) is 0.0130. The molecule has 324 valence electrons. The number of hydrogen-bond acceptors (Lipinski definition) is 10. The molecule has 4 atom stereocenters.